The zero-order valence-electron chi connectivity index (χ0n) is 14.4. The molecule has 25 heavy (non-hydrogen) atoms. The highest BCUT2D eigenvalue weighted by Gasteiger charge is 2.43. The Bertz CT molecular complexity index is 783. The Morgan fingerprint density at radius 1 is 1.28 bits per heavy atom. The van der Waals surface area contributed by atoms with E-state index >= 15 is 0 Å². The lowest BCUT2D eigenvalue weighted by atomic mass is 10.0. The van der Waals surface area contributed by atoms with Gasteiger partial charge in [-0.1, -0.05) is 0 Å². The summed E-state index contributed by atoms with van der Waals surface area (Å²) in [6, 6.07) is 5.28. The second kappa shape index (κ2) is 7.23. The molecule has 1 saturated heterocycles. The number of carbonyl (C=O) groups excluding carboxylic acids is 1. The molecule has 0 radical (unpaired) electrons. The van der Waals surface area contributed by atoms with E-state index in [-0.39, 0.29) is 13.2 Å². The van der Waals surface area contributed by atoms with Gasteiger partial charge in [-0.05, 0) is 36.1 Å². The fraction of sp³-hybridized carbons (Fsp3) is 0.444. The van der Waals surface area contributed by atoms with Crippen LogP contribution in [0.3, 0.4) is 0 Å². The van der Waals surface area contributed by atoms with E-state index in [1.54, 1.807) is 13.3 Å². The van der Waals surface area contributed by atoms with Crippen LogP contribution in [0, 0.1) is 12.8 Å². The molecule has 0 saturated carbocycles. The first kappa shape index (κ1) is 17.4. The Labute approximate surface area is 145 Å². The first-order valence-corrected chi connectivity index (χ1v) is 8.04. The second-order valence-electron chi connectivity index (χ2n) is 6.11. The number of hydrogen-bond donors (Lipinski definition) is 1. The molecule has 0 bridgehead atoms. The fourth-order valence-electron chi connectivity index (χ4n) is 3.12. The van der Waals surface area contributed by atoms with Crippen LogP contribution < -0.4 is 14.8 Å². The van der Waals surface area contributed by atoms with Crippen molar-refractivity contribution < 1.29 is 23.4 Å². The van der Waals surface area contributed by atoms with E-state index < -0.39 is 24.0 Å². The molecule has 134 valence electrons. The minimum Gasteiger partial charge on any atom is -0.496 e. The normalized spacial score (nSPS) is 22.9. The van der Waals surface area contributed by atoms with Crippen molar-refractivity contribution in [3.05, 3.63) is 30.0 Å². The van der Waals surface area contributed by atoms with Gasteiger partial charge in [0.15, 0.2) is 6.17 Å². The Morgan fingerprint density at radius 3 is 2.80 bits per heavy atom. The number of carbonyl (C=O) groups is 1. The summed E-state index contributed by atoms with van der Waals surface area (Å²) < 4.78 is 30.2. The van der Waals surface area contributed by atoms with Gasteiger partial charge in [0.25, 0.3) is 5.91 Å². The molecule has 1 aliphatic heterocycles. The summed E-state index contributed by atoms with van der Waals surface area (Å²) in [6.45, 7) is 2.22. The van der Waals surface area contributed by atoms with Crippen molar-refractivity contribution in [1.82, 2.24) is 10.3 Å². The van der Waals surface area contributed by atoms with Gasteiger partial charge >= 0.3 is 0 Å². The first-order chi connectivity index (χ1) is 12.0. The molecule has 1 fully saturated rings. The first-order valence-electron chi connectivity index (χ1n) is 8.04. The molecular formula is C18H21FN2O4. The molecule has 1 aliphatic rings. The predicted molar refractivity (Wildman–Crippen MR) is 90.7 cm³/mol. The number of hydrogen-bond acceptors (Lipinski definition) is 5. The molecule has 1 aromatic heterocycles. The topological polar surface area (TPSA) is 69.7 Å². The van der Waals surface area contributed by atoms with E-state index in [1.807, 2.05) is 25.1 Å². The van der Waals surface area contributed by atoms with Crippen LogP contribution in [0.2, 0.25) is 0 Å². The molecule has 3 atom stereocenters. The third-order valence-electron chi connectivity index (χ3n) is 4.47. The van der Waals surface area contributed by atoms with Gasteiger partial charge in [-0.25, -0.2) is 9.37 Å². The lowest BCUT2D eigenvalue weighted by Gasteiger charge is -2.19. The molecule has 3 unspecified atom stereocenters. The van der Waals surface area contributed by atoms with Gasteiger partial charge in [-0.15, -0.1) is 0 Å². The van der Waals surface area contributed by atoms with Crippen molar-refractivity contribution in [3.8, 4) is 11.6 Å². The Morgan fingerprint density at radius 2 is 2.08 bits per heavy atom. The van der Waals surface area contributed by atoms with E-state index in [0.717, 1.165) is 22.1 Å². The molecular weight excluding hydrogens is 327 g/mol. The predicted octanol–water partition coefficient (Wildman–Crippen LogP) is 2.03. The van der Waals surface area contributed by atoms with Crippen LogP contribution in [0.15, 0.2) is 24.4 Å². The van der Waals surface area contributed by atoms with Crippen LogP contribution in [-0.4, -0.2) is 50.5 Å². The maximum absolute atomic E-state index is 14.0. The second-order valence-corrected chi connectivity index (χ2v) is 6.11. The number of pyridine rings is 1. The lowest BCUT2D eigenvalue weighted by Crippen LogP contribution is -2.36. The van der Waals surface area contributed by atoms with Gasteiger partial charge in [0, 0.05) is 24.6 Å². The minimum absolute atomic E-state index is 0.114. The van der Waals surface area contributed by atoms with Crippen molar-refractivity contribution in [1.29, 1.82) is 0 Å². The molecule has 2 aromatic rings. The summed E-state index contributed by atoms with van der Waals surface area (Å²) in [4.78, 5) is 15.9. The number of aryl methyl sites for hydroxylation is 1. The molecule has 6 nitrogen and oxygen atoms in total. The number of methoxy groups -OCH3 is 2. The SMILES string of the molecule is COCC1C(COc2nccc3cc(C)c(OC)cc23)NC(=O)C1F. The molecule has 1 aromatic carbocycles. The number of nitrogens with one attached hydrogen (secondary N) is 1. The number of ether oxygens (including phenoxy) is 3. The van der Waals surface area contributed by atoms with Crippen molar-refractivity contribution in [2.75, 3.05) is 27.4 Å². The van der Waals surface area contributed by atoms with Gasteiger partial charge in [0.05, 0.1) is 19.8 Å². The third kappa shape index (κ3) is 3.37. The van der Waals surface area contributed by atoms with E-state index in [9.17, 15) is 9.18 Å². The summed E-state index contributed by atoms with van der Waals surface area (Å²) in [7, 11) is 3.09. The highest BCUT2D eigenvalue weighted by molar-refractivity contribution is 5.89. The zero-order chi connectivity index (χ0) is 18.0. The lowest BCUT2D eigenvalue weighted by molar-refractivity contribution is -0.124. The standard InChI is InChI=1S/C18H21FN2O4/c1-10-6-11-4-5-20-18(12(11)7-15(10)24-3)25-9-14-13(8-23-2)16(19)17(22)21-14/h4-7,13-14,16H,8-9H2,1-3H3,(H,21,22). The number of rotatable bonds is 6. The summed E-state index contributed by atoms with van der Waals surface area (Å²) in [5.41, 5.74) is 1.01. The number of benzene rings is 1. The van der Waals surface area contributed by atoms with Gasteiger partial charge in [0.2, 0.25) is 5.88 Å². The number of aromatic nitrogens is 1. The maximum Gasteiger partial charge on any atom is 0.255 e. The molecule has 3 rings (SSSR count). The number of halogens is 1. The summed E-state index contributed by atoms with van der Waals surface area (Å²) in [5, 5.41) is 4.39. The van der Waals surface area contributed by atoms with Crippen LogP contribution in [-0.2, 0) is 9.53 Å². The zero-order valence-corrected chi connectivity index (χ0v) is 14.4. The smallest absolute Gasteiger partial charge is 0.255 e. The van der Waals surface area contributed by atoms with Crippen molar-refractivity contribution in [3.63, 3.8) is 0 Å². The molecule has 2 heterocycles. The number of fused-ring (bicyclic) bond motifs is 1. The van der Waals surface area contributed by atoms with Gasteiger partial charge in [-0.3, -0.25) is 4.79 Å². The highest BCUT2D eigenvalue weighted by Crippen LogP contribution is 2.31. The van der Waals surface area contributed by atoms with Gasteiger partial charge in [0.1, 0.15) is 12.4 Å². The summed E-state index contributed by atoms with van der Waals surface area (Å²) >= 11 is 0. The summed E-state index contributed by atoms with van der Waals surface area (Å²) in [5.74, 6) is -0.0489. The molecule has 0 spiro atoms. The molecule has 1 amide bonds. The fourth-order valence-corrected chi connectivity index (χ4v) is 3.12. The average molecular weight is 348 g/mol. The number of amides is 1. The van der Waals surface area contributed by atoms with Crippen molar-refractivity contribution in [2.45, 2.75) is 19.1 Å². The Kier molecular flexibility index (Phi) is 5.03. The van der Waals surface area contributed by atoms with Crippen LogP contribution in [0.25, 0.3) is 10.8 Å². The van der Waals surface area contributed by atoms with Crippen LogP contribution in [0.1, 0.15) is 5.56 Å². The van der Waals surface area contributed by atoms with Gasteiger partial charge in [-0.2, -0.15) is 0 Å². The number of nitrogens with zero attached hydrogens (tertiary/aromatic N) is 1. The van der Waals surface area contributed by atoms with Gasteiger partial charge < -0.3 is 19.5 Å². The monoisotopic (exact) mass is 348 g/mol. The number of alkyl halides is 1. The largest absolute Gasteiger partial charge is 0.496 e. The highest BCUT2D eigenvalue weighted by atomic mass is 19.1. The van der Waals surface area contributed by atoms with E-state index in [0.29, 0.717) is 5.88 Å². The van der Waals surface area contributed by atoms with Crippen molar-refractivity contribution in [2.24, 2.45) is 5.92 Å². The molecule has 7 heteroatoms. The van der Waals surface area contributed by atoms with Crippen molar-refractivity contribution >= 4 is 16.7 Å². The quantitative estimate of drug-likeness (QED) is 0.865. The van der Waals surface area contributed by atoms with E-state index in [4.69, 9.17) is 14.2 Å². The Hall–Kier alpha value is -2.41. The Balaban J connectivity index is 1.82. The van der Waals surface area contributed by atoms with Crippen LogP contribution in [0.5, 0.6) is 11.6 Å². The van der Waals surface area contributed by atoms with Crippen LogP contribution in [0.4, 0.5) is 4.39 Å². The third-order valence-corrected chi connectivity index (χ3v) is 4.47. The molecule has 0 aliphatic carbocycles. The van der Waals surface area contributed by atoms with E-state index in [1.165, 1.54) is 7.11 Å². The average Bonchev–Trinajstić information content (AvgIpc) is 2.87. The van der Waals surface area contributed by atoms with E-state index in [2.05, 4.69) is 10.3 Å². The van der Waals surface area contributed by atoms with Crippen LogP contribution >= 0.6 is 0 Å². The summed E-state index contributed by atoms with van der Waals surface area (Å²) in [6.07, 6.45) is 0.0679. The minimum atomic E-state index is -1.59. The maximum atomic E-state index is 14.0. The molecule has 1 N–H and O–H groups in total.